The molecule has 6 nitrogen and oxygen atoms in total. The number of nitrogens with zero attached hydrogens (tertiary/aromatic N) is 1. The lowest BCUT2D eigenvalue weighted by atomic mass is 10.2. The van der Waals surface area contributed by atoms with Gasteiger partial charge in [0, 0.05) is 24.0 Å². The molecule has 3 aromatic rings. The van der Waals surface area contributed by atoms with E-state index in [-0.39, 0.29) is 5.91 Å². The predicted molar refractivity (Wildman–Crippen MR) is 105 cm³/mol. The zero-order valence-electron chi connectivity index (χ0n) is 14.8. The second kappa shape index (κ2) is 8.05. The van der Waals surface area contributed by atoms with Crippen molar-refractivity contribution in [2.45, 2.75) is 0 Å². The number of benzene rings is 3. The molecule has 0 aromatic heterocycles. The fraction of sp³-hybridized carbons (Fsp3) is 0.0476. The molecule has 136 valence electrons. The molecule has 0 unspecified atom stereocenters. The summed E-state index contributed by atoms with van der Waals surface area (Å²) < 4.78 is 5.71. The van der Waals surface area contributed by atoms with Gasteiger partial charge in [0.05, 0.1) is 0 Å². The molecule has 0 atom stereocenters. The largest absolute Gasteiger partial charge is 0.457 e. The molecule has 0 spiro atoms. The zero-order chi connectivity index (χ0) is 19.2. The number of ether oxygens (including phenoxy) is 1. The molecule has 3 amide bonds. The van der Waals surface area contributed by atoms with Crippen molar-refractivity contribution in [3.8, 4) is 11.5 Å². The predicted octanol–water partition coefficient (Wildman–Crippen LogP) is 4.25. The monoisotopic (exact) mass is 361 g/mol. The van der Waals surface area contributed by atoms with E-state index in [2.05, 4.69) is 5.32 Å². The highest BCUT2D eigenvalue weighted by Crippen LogP contribution is 2.22. The fourth-order valence-electron chi connectivity index (χ4n) is 2.42. The first-order valence-corrected chi connectivity index (χ1v) is 8.30. The van der Waals surface area contributed by atoms with E-state index in [1.165, 1.54) is 4.90 Å². The normalized spacial score (nSPS) is 10.1. The van der Waals surface area contributed by atoms with E-state index in [4.69, 9.17) is 10.5 Å². The van der Waals surface area contributed by atoms with Crippen molar-refractivity contribution in [3.05, 3.63) is 84.4 Å². The Morgan fingerprint density at radius 2 is 1.56 bits per heavy atom. The average molecular weight is 361 g/mol. The highest BCUT2D eigenvalue weighted by Gasteiger charge is 2.10. The number of amides is 3. The van der Waals surface area contributed by atoms with Gasteiger partial charge < -0.3 is 15.8 Å². The second-order valence-electron chi connectivity index (χ2n) is 5.84. The van der Waals surface area contributed by atoms with Gasteiger partial charge in [-0.05, 0) is 54.6 Å². The molecule has 0 saturated carbocycles. The number of para-hydroxylation sites is 1. The standard InChI is InChI=1S/C21H19N3O3/c1-24(21(22)26)17-7-5-6-16(14-17)23-20(25)15-10-12-19(13-11-15)27-18-8-3-2-4-9-18/h2-14H,1H3,(H2,22,26)(H,23,25). The van der Waals surface area contributed by atoms with Crippen LogP contribution in [0.3, 0.4) is 0 Å². The van der Waals surface area contributed by atoms with Crippen LogP contribution in [0, 0.1) is 0 Å². The van der Waals surface area contributed by atoms with Gasteiger partial charge in [0.1, 0.15) is 11.5 Å². The third kappa shape index (κ3) is 4.64. The number of carbonyl (C=O) groups excluding carboxylic acids is 2. The quantitative estimate of drug-likeness (QED) is 0.712. The van der Waals surface area contributed by atoms with Crippen LogP contribution in [0.15, 0.2) is 78.9 Å². The number of urea groups is 1. The van der Waals surface area contributed by atoms with Crippen LogP contribution in [-0.4, -0.2) is 19.0 Å². The van der Waals surface area contributed by atoms with E-state index in [1.807, 2.05) is 30.3 Å². The third-order valence-corrected chi connectivity index (χ3v) is 3.92. The van der Waals surface area contributed by atoms with E-state index in [0.717, 1.165) is 5.75 Å². The Bertz CT molecular complexity index is 940. The zero-order valence-corrected chi connectivity index (χ0v) is 14.8. The van der Waals surface area contributed by atoms with Gasteiger partial charge in [-0.1, -0.05) is 24.3 Å². The number of carbonyl (C=O) groups is 2. The molecule has 0 bridgehead atoms. The third-order valence-electron chi connectivity index (χ3n) is 3.92. The number of rotatable bonds is 5. The molecular formula is C21H19N3O3. The fourth-order valence-corrected chi connectivity index (χ4v) is 2.42. The van der Waals surface area contributed by atoms with E-state index in [9.17, 15) is 9.59 Å². The van der Waals surface area contributed by atoms with Gasteiger partial charge in [0.2, 0.25) is 0 Å². The van der Waals surface area contributed by atoms with Crippen LogP contribution in [0.2, 0.25) is 0 Å². The van der Waals surface area contributed by atoms with Gasteiger partial charge in [-0.2, -0.15) is 0 Å². The smallest absolute Gasteiger partial charge is 0.318 e. The summed E-state index contributed by atoms with van der Waals surface area (Å²) in [5, 5.41) is 2.80. The minimum absolute atomic E-state index is 0.264. The Hall–Kier alpha value is -3.80. The lowest BCUT2D eigenvalue weighted by Crippen LogP contribution is -2.31. The summed E-state index contributed by atoms with van der Waals surface area (Å²) in [4.78, 5) is 25.0. The summed E-state index contributed by atoms with van der Waals surface area (Å²) in [5.41, 5.74) is 6.91. The highest BCUT2D eigenvalue weighted by molar-refractivity contribution is 6.04. The molecule has 0 aliphatic heterocycles. The molecule has 0 aliphatic rings. The van der Waals surface area contributed by atoms with Crippen LogP contribution in [0.5, 0.6) is 11.5 Å². The van der Waals surface area contributed by atoms with Gasteiger partial charge in [-0.3, -0.25) is 9.69 Å². The summed E-state index contributed by atoms with van der Waals surface area (Å²) in [7, 11) is 1.56. The van der Waals surface area contributed by atoms with Gasteiger partial charge in [0.15, 0.2) is 0 Å². The molecule has 3 rings (SSSR count). The first-order chi connectivity index (χ1) is 13.0. The van der Waals surface area contributed by atoms with Crippen LogP contribution in [0.1, 0.15) is 10.4 Å². The van der Waals surface area contributed by atoms with E-state index < -0.39 is 6.03 Å². The number of anilines is 2. The highest BCUT2D eigenvalue weighted by atomic mass is 16.5. The summed E-state index contributed by atoms with van der Waals surface area (Å²) >= 11 is 0. The average Bonchev–Trinajstić information content (AvgIpc) is 2.69. The lowest BCUT2D eigenvalue weighted by Gasteiger charge is -2.15. The van der Waals surface area contributed by atoms with Gasteiger partial charge in [0.25, 0.3) is 5.91 Å². The van der Waals surface area contributed by atoms with Gasteiger partial charge >= 0.3 is 6.03 Å². The molecule has 3 N–H and O–H groups in total. The molecular weight excluding hydrogens is 342 g/mol. The van der Waals surface area contributed by atoms with Crippen molar-refractivity contribution in [3.63, 3.8) is 0 Å². The van der Waals surface area contributed by atoms with Crippen LogP contribution in [0.4, 0.5) is 16.2 Å². The Labute approximate surface area is 157 Å². The second-order valence-corrected chi connectivity index (χ2v) is 5.84. The van der Waals surface area contributed by atoms with Crippen molar-refractivity contribution in [1.82, 2.24) is 0 Å². The molecule has 27 heavy (non-hydrogen) atoms. The van der Waals surface area contributed by atoms with Crippen molar-refractivity contribution < 1.29 is 14.3 Å². The molecule has 0 heterocycles. The minimum Gasteiger partial charge on any atom is -0.457 e. The number of hydrogen-bond donors (Lipinski definition) is 2. The van der Waals surface area contributed by atoms with Gasteiger partial charge in [-0.15, -0.1) is 0 Å². The molecule has 0 radical (unpaired) electrons. The summed E-state index contributed by atoms with van der Waals surface area (Å²) in [6.45, 7) is 0. The Balaban J connectivity index is 1.68. The SMILES string of the molecule is CN(C(N)=O)c1cccc(NC(=O)c2ccc(Oc3ccccc3)cc2)c1. The van der Waals surface area contributed by atoms with E-state index in [1.54, 1.807) is 55.6 Å². The van der Waals surface area contributed by atoms with Crippen molar-refractivity contribution in [1.29, 1.82) is 0 Å². The molecule has 0 saturated heterocycles. The maximum atomic E-state index is 12.4. The Kier molecular flexibility index (Phi) is 5.37. The van der Waals surface area contributed by atoms with Crippen LogP contribution >= 0.6 is 0 Å². The molecule has 6 heteroatoms. The van der Waals surface area contributed by atoms with Crippen LogP contribution in [-0.2, 0) is 0 Å². The van der Waals surface area contributed by atoms with Crippen molar-refractivity contribution in [2.24, 2.45) is 5.73 Å². The van der Waals surface area contributed by atoms with E-state index in [0.29, 0.717) is 22.7 Å². The molecule has 3 aromatic carbocycles. The summed E-state index contributed by atoms with van der Waals surface area (Å²) in [6.07, 6.45) is 0. The minimum atomic E-state index is -0.576. The number of nitrogens with two attached hydrogens (primary N) is 1. The maximum Gasteiger partial charge on any atom is 0.318 e. The number of primary amides is 1. The van der Waals surface area contributed by atoms with Crippen LogP contribution in [0.25, 0.3) is 0 Å². The maximum absolute atomic E-state index is 12.4. The first kappa shape index (κ1) is 18.0. The van der Waals surface area contributed by atoms with Gasteiger partial charge in [-0.25, -0.2) is 4.79 Å². The Morgan fingerprint density at radius 3 is 2.22 bits per heavy atom. The lowest BCUT2D eigenvalue weighted by molar-refractivity contribution is 0.102. The topological polar surface area (TPSA) is 84.7 Å². The Morgan fingerprint density at radius 1 is 0.889 bits per heavy atom. The first-order valence-electron chi connectivity index (χ1n) is 8.30. The van der Waals surface area contributed by atoms with E-state index >= 15 is 0 Å². The van der Waals surface area contributed by atoms with Crippen molar-refractivity contribution in [2.75, 3.05) is 17.3 Å². The summed E-state index contributed by atoms with van der Waals surface area (Å²) in [5.74, 6) is 1.10. The van der Waals surface area contributed by atoms with Crippen molar-refractivity contribution >= 4 is 23.3 Å². The molecule has 0 aliphatic carbocycles. The van der Waals surface area contributed by atoms with Crippen LogP contribution < -0.4 is 20.7 Å². The summed E-state index contributed by atoms with van der Waals surface area (Å²) in [6, 6.07) is 22.6. The number of nitrogens with one attached hydrogen (secondary N) is 1. The number of hydrogen-bond acceptors (Lipinski definition) is 3. The molecule has 0 fully saturated rings.